The van der Waals surface area contributed by atoms with Crippen LogP contribution >= 0.6 is 11.6 Å². The third-order valence-corrected chi connectivity index (χ3v) is 10.1. The largest absolute Gasteiger partial charge is 0.493 e. The number of nitrogens with zero attached hydrogens (tertiary/aromatic N) is 5. The van der Waals surface area contributed by atoms with Crippen LogP contribution in [0.4, 0.5) is 0 Å². The summed E-state index contributed by atoms with van der Waals surface area (Å²) in [6.45, 7) is 7.31. The number of hydrogen-bond acceptors (Lipinski definition) is 8. The minimum atomic E-state index is -4.24. The summed E-state index contributed by atoms with van der Waals surface area (Å²) in [6.07, 6.45) is 5.11. The number of aryl methyl sites for hydroxylation is 1. The van der Waals surface area contributed by atoms with E-state index >= 15 is 0 Å². The second kappa shape index (κ2) is 11.3. The number of furan rings is 1. The van der Waals surface area contributed by atoms with Crippen LogP contribution in [0.25, 0.3) is 11.0 Å². The summed E-state index contributed by atoms with van der Waals surface area (Å²) >= 11 is 6.13. The number of carbonyl (C=O) groups excluding carboxylic acids is 1. The summed E-state index contributed by atoms with van der Waals surface area (Å²) in [5.74, 6) is 0.340. The number of carbonyl (C=O) groups is 1. The highest BCUT2D eigenvalue weighted by Crippen LogP contribution is 2.36. The van der Waals surface area contributed by atoms with Crippen LogP contribution < -0.4 is 10.1 Å². The van der Waals surface area contributed by atoms with Gasteiger partial charge in [-0.15, -0.1) is 5.10 Å². The lowest BCUT2D eigenvalue weighted by molar-refractivity contribution is -0.124. The first-order valence-electron chi connectivity index (χ1n) is 14.1. The summed E-state index contributed by atoms with van der Waals surface area (Å²) in [5, 5.41) is 12.1. The Morgan fingerprint density at radius 2 is 2.02 bits per heavy atom. The van der Waals surface area contributed by atoms with Crippen molar-refractivity contribution in [3.8, 4) is 5.75 Å². The molecule has 0 fully saturated rings. The summed E-state index contributed by atoms with van der Waals surface area (Å²) < 4.78 is 42.2. The minimum absolute atomic E-state index is 0.0110. The van der Waals surface area contributed by atoms with Crippen molar-refractivity contribution in [2.75, 3.05) is 13.7 Å². The number of ether oxygens (including phenoxy) is 1. The smallest absolute Gasteiger partial charge is 0.298 e. The molecule has 0 spiro atoms. The van der Waals surface area contributed by atoms with Gasteiger partial charge in [0.2, 0.25) is 11.0 Å². The number of halogens is 1. The van der Waals surface area contributed by atoms with E-state index in [2.05, 4.69) is 59.6 Å². The lowest BCUT2D eigenvalue weighted by atomic mass is 9.98. The van der Waals surface area contributed by atoms with Crippen LogP contribution in [-0.2, 0) is 27.8 Å². The second-order valence-corrected chi connectivity index (χ2v) is 13.4. The molecule has 1 amide bonds. The topological polar surface area (TPSA) is 123 Å². The van der Waals surface area contributed by atoms with E-state index in [4.69, 9.17) is 20.8 Å². The number of sulfonamides is 1. The van der Waals surface area contributed by atoms with Gasteiger partial charge in [-0.2, -0.15) is 8.42 Å². The molecule has 0 bridgehead atoms. The molecule has 4 heterocycles. The van der Waals surface area contributed by atoms with E-state index in [1.54, 1.807) is 36.0 Å². The zero-order valence-electron chi connectivity index (χ0n) is 24.3. The van der Waals surface area contributed by atoms with Crippen LogP contribution in [0.15, 0.2) is 64.5 Å². The van der Waals surface area contributed by atoms with Gasteiger partial charge in [-0.05, 0) is 57.6 Å². The van der Waals surface area contributed by atoms with Crippen molar-refractivity contribution in [1.29, 1.82) is 0 Å². The Balaban J connectivity index is 1.25. The van der Waals surface area contributed by atoms with E-state index in [0.717, 1.165) is 27.7 Å². The lowest BCUT2D eigenvalue weighted by Gasteiger charge is -2.30. The normalized spacial score (nSPS) is 18.8. The zero-order chi connectivity index (χ0) is 30.5. The van der Waals surface area contributed by atoms with Crippen LogP contribution in [0.3, 0.4) is 0 Å². The van der Waals surface area contributed by atoms with Gasteiger partial charge in [0.05, 0.1) is 18.3 Å². The van der Waals surface area contributed by atoms with Crippen molar-refractivity contribution in [1.82, 2.24) is 29.5 Å². The average molecular weight is 625 g/mol. The van der Waals surface area contributed by atoms with Crippen LogP contribution in [0.1, 0.15) is 48.7 Å². The Morgan fingerprint density at radius 1 is 1.21 bits per heavy atom. The third-order valence-electron chi connectivity index (χ3n) is 8.10. The van der Waals surface area contributed by atoms with Gasteiger partial charge < -0.3 is 14.5 Å². The van der Waals surface area contributed by atoms with E-state index in [9.17, 15) is 13.2 Å². The van der Waals surface area contributed by atoms with Crippen LogP contribution in [0.5, 0.6) is 5.75 Å². The molecule has 2 unspecified atom stereocenters. The molecule has 0 saturated carbocycles. The van der Waals surface area contributed by atoms with E-state index < -0.39 is 22.0 Å². The number of aromatic nitrogens is 3. The number of benzene rings is 2. The fourth-order valence-electron chi connectivity index (χ4n) is 5.47. The molecular formula is C30H33ClN6O5S. The van der Waals surface area contributed by atoms with Crippen LogP contribution in [0.2, 0.25) is 5.02 Å². The van der Waals surface area contributed by atoms with Gasteiger partial charge in [-0.25, -0.2) is 4.68 Å². The summed E-state index contributed by atoms with van der Waals surface area (Å²) in [7, 11) is -2.15. The minimum Gasteiger partial charge on any atom is -0.493 e. The molecule has 1 N–H and O–H groups in total. The van der Waals surface area contributed by atoms with Gasteiger partial charge in [-0.3, -0.25) is 14.0 Å². The molecule has 2 aromatic heterocycles. The highest BCUT2D eigenvalue weighted by atomic mass is 35.5. The number of rotatable bonds is 8. The quantitative estimate of drug-likeness (QED) is 0.306. The number of amides is 1. The van der Waals surface area contributed by atoms with Crippen LogP contribution in [-0.4, -0.2) is 64.3 Å². The molecule has 11 nitrogen and oxygen atoms in total. The Kier molecular flexibility index (Phi) is 7.69. The van der Waals surface area contributed by atoms with E-state index in [1.807, 2.05) is 0 Å². The molecule has 226 valence electrons. The molecule has 0 aliphatic carbocycles. The standard InChI is InChI=1S/C30H33ClN6O5S/c1-18(2)35(4)16-20-5-7-23-25(9-12-41-28(23)13-20)36-17-22(33-34-36)15-26-29(38)32-10-11-37(26)43(39,40)30-19(3)24-14-21(31)6-8-27(24)42-30/h5-8,10-11,13-14,17-18,25-26H,9,12,15-16H2,1-4H3,(H,32,38). The van der Waals surface area contributed by atoms with Crippen molar-refractivity contribution in [3.63, 3.8) is 0 Å². The van der Waals surface area contributed by atoms with E-state index in [0.29, 0.717) is 46.3 Å². The number of nitrogens with one attached hydrogen (secondary N) is 1. The molecule has 4 aromatic rings. The Bertz CT molecular complexity index is 1830. The SMILES string of the molecule is Cc1c(S(=O)(=O)N2C=CNC(=O)C2Cc2cn(C3CCOc4cc(CN(C)C(C)C)ccc43)nn2)oc2ccc(Cl)cc12. The Morgan fingerprint density at radius 3 is 2.81 bits per heavy atom. The molecule has 0 radical (unpaired) electrons. The fraction of sp³-hybridized carbons (Fsp3) is 0.367. The molecule has 2 aliphatic heterocycles. The molecule has 2 atom stereocenters. The van der Waals surface area contributed by atoms with Crippen molar-refractivity contribution in [3.05, 3.63) is 82.4 Å². The Labute approximate surface area is 255 Å². The fourth-order valence-corrected chi connectivity index (χ4v) is 7.25. The van der Waals surface area contributed by atoms with Crippen molar-refractivity contribution in [2.45, 2.75) is 63.4 Å². The summed E-state index contributed by atoms with van der Waals surface area (Å²) in [6, 6.07) is 10.4. The van der Waals surface area contributed by atoms with Crippen molar-refractivity contribution >= 4 is 38.5 Å². The van der Waals surface area contributed by atoms with Gasteiger partial charge in [0.1, 0.15) is 17.4 Å². The number of fused-ring (bicyclic) bond motifs is 2. The average Bonchev–Trinajstić information content (AvgIpc) is 3.58. The van der Waals surface area contributed by atoms with Gasteiger partial charge in [-0.1, -0.05) is 28.9 Å². The molecular weight excluding hydrogens is 592 g/mol. The first-order chi connectivity index (χ1) is 20.5. The molecule has 6 rings (SSSR count). The predicted molar refractivity (Wildman–Crippen MR) is 161 cm³/mol. The van der Waals surface area contributed by atoms with Gasteiger partial charge in [0.25, 0.3) is 10.0 Å². The zero-order valence-corrected chi connectivity index (χ0v) is 25.9. The third kappa shape index (κ3) is 5.50. The van der Waals surface area contributed by atoms with Gasteiger partial charge >= 0.3 is 0 Å². The first-order valence-corrected chi connectivity index (χ1v) is 15.9. The molecule has 2 aromatic carbocycles. The van der Waals surface area contributed by atoms with E-state index in [1.165, 1.54) is 12.4 Å². The van der Waals surface area contributed by atoms with Crippen LogP contribution in [0, 0.1) is 6.92 Å². The van der Waals surface area contributed by atoms with Gasteiger partial charge in [0.15, 0.2) is 0 Å². The maximum atomic E-state index is 13.8. The summed E-state index contributed by atoms with van der Waals surface area (Å²) in [4.78, 5) is 15.3. The maximum absolute atomic E-state index is 13.8. The first kappa shape index (κ1) is 29.2. The molecule has 43 heavy (non-hydrogen) atoms. The highest BCUT2D eigenvalue weighted by molar-refractivity contribution is 7.89. The van der Waals surface area contributed by atoms with Gasteiger partial charge in [0, 0.05) is 65.6 Å². The van der Waals surface area contributed by atoms with Crippen molar-refractivity contribution < 1.29 is 22.4 Å². The Hall–Kier alpha value is -3.87. The van der Waals surface area contributed by atoms with E-state index in [-0.39, 0.29) is 17.6 Å². The maximum Gasteiger partial charge on any atom is 0.298 e. The predicted octanol–water partition coefficient (Wildman–Crippen LogP) is 4.40. The van der Waals surface area contributed by atoms with Crippen molar-refractivity contribution in [2.24, 2.45) is 0 Å². The number of hydrogen-bond donors (Lipinski definition) is 1. The molecule has 13 heteroatoms. The molecule has 2 aliphatic rings. The monoisotopic (exact) mass is 624 g/mol. The summed E-state index contributed by atoms with van der Waals surface area (Å²) in [5.41, 5.74) is 3.45. The highest BCUT2D eigenvalue weighted by Gasteiger charge is 2.39. The lowest BCUT2D eigenvalue weighted by Crippen LogP contribution is -2.50. The second-order valence-electron chi connectivity index (χ2n) is 11.3. The molecule has 0 saturated heterocycles.